The number of rotatable bonds is 2. The summed E-state index contributed by atoms with van der Waals surface area (Å²) in [6.45, 7) is 0. The van der Waals surface area contributed by atoms with Crippen molar-refractivity contribution in [2.24, 2.45) is 0 Å². The summed E-state index contributed by atoms with van der Waals surface area (Å²) in [5, 5.41) is 0.115. The van der Waals surface area contributed by atoms with E-state index in [0.29, 0.717) is 16.6 Å². The van der Waals surface area contributed by atoms with Crippen LogP contribution in [-0.2, 0) is 4.79 Å². The summed E-state index contributed by atoms with van der Waals surface area (Å²) in [6, 6.07) is 9.86. The maximum absolute atomic E-state index is 13.4. The second-order valence-corrected chi connectivity index (χ2v) is 7.60. The Bertz CT molecular complexity index is 877. The highest BCUT2D eigenvalue weighted by Gasteiger charge is 2.50. The predicted molar refractivity (Wildman–Crippen MR) is 98.7 cm³/mol. The van der Waals surface area contributed by atoms with E-state index in [2.05, 4.69) is 0 Å². The molecule has 2 aliphatic heterocycles. The minimum Gasteiger partial charge on any atom is -0.319 e. The van der Waals surface area contributed by atoms with E-state index < -0.39 is 11.9 Å². The summed E-state index contributed by atoms with van der Waals surface area (Å²) in [4.78, 5) is 16.1. The van der Waals surface area contributed by atoms with Crippen LogP contribution in [0.15, 0.2) is 42.5 Å². The van der Waals surface area contributed by atoms with Gasteiger partial charge < -0.3 is 4.90 Å². The molecule has 25 heavy (non-hydrogen) atoms. The van der Waals surface area contributed by atoms with E-state index in [1.807, 2.05) is 4.90 Å². The quantitative estimate of drug-likeness (QED) is 0.703. The predicted octanol–water partition coefficient (Wildman–Crippen LogP) is 4.37. The molecule has 1 amide bonds. The highest BCUT2D eigenvalue weighted by Crippen LogP contribution is 2.46. The van der Waals surface area contributed by atoms with Gasteiger partial charge in [0.05, 0.1) is 10.7 Å². The molecular formula is C17H11ClF2N2OS2. The summed E-state index contributed by atoms with van der Waals surface area (Å²) < 4.78 is 26.6. The Morgan fingerprint density at radius 3 is 2.56 bits per heavy atom. The Hall–Kier alpha value is -1.70. The summed E-state index contributed by atoms with van der Waals surface area (Å²) >= 11 is 12.9. The van der Waals surface area contributed by atoms with E-state index in [0.717, 1.165) is 5.56 Å². The number of halogens is 3. The molecule has 0 bridgehead atoms. The number of anilines is 1. The maximum atomic E-state index is 13.4. The Morgan fingerprint density at radius 2 is 1.88 bits per heavy atom. The third kappa shape index (κ3) is 2.70. The first kappa shape index (κ1) is 16.8. The molecule has 4 rings (SSSR count). The van der Waals surface area contributed by atoms with E-state index in [1.54, 1.807) is 23.9 Å². The molecule has 2 aromatic carbocycles. The maximum Gasteiger partial charge on any atom is 0.257 e. The first-order valence-corrected chi connectivity index (χ1v) is 9.29. The van der Waals surface area contributed by atoms with Gasteiger partial charge in [-0.05, 0) is 48.1 Å². The first-order valence-electron chi connectivity index (χ1n) is 7.46. The number of benzene rings is 2. The molecule has 0 unspecified atom stereocenters. The lowest BCUT2D eigenvalue weighted by Gasteiger charge is -2.25. The van der Waals surface area contributed by atoms with Crippen LogP contribution in [0, 0.1) is 11.6 Å². The highest BCUT2D eigenvalue weighted by molar-refractivity contribution is 7.99. The average Bonchev–Trinajstić information content (AvgIpc) is 3.12. The summed E-state index contributed by atoms with van der Waals surface area (Å²) in [5.41, 5.74) is 1.32. The van der Waals surface area contributed by atoms with Crippen molar-refractivity contribution in [3.8, 4) is 0 Å². The van der Waals surface area contributed by atoms with Gasteiger partial charge in [0.15, 0.2) is 5.11 Å². The number of thiocarbonyl (C=S) groups is 1. The van der Waals surface area contributed by atoms with Crippen molar-refractivity contribution in [3.63, 3.8) is 0 Å². The van der Waals surface area contributed by atoms with Crippen molar-refractivity contribution in [1.29, 1.82) is 0 Å². The number of hydrogen-bond acceptors (Lipinski definition) is 3. The minimum absolute atomic E-state index is 0.0652. The van der Waals surface area contributed by atoms with Crippen LogP contribution in [0.25, 0.3) is 0 Å². The topological polar surface area (TPSA) is 23.6 Å². The third-order valence-corrected chi connectivity index (χ3v) is 6.24. The number of hydrogen-bond donors (Lipinski definition) is 0. The first-order chi connectivity index (χ1) is 12.0. The van der Waals surface area contributed by atoms with Crippen LogP contribution in [0.3, 0.4) is 0 Å². The van der Waals surface area contributed by atoms with E-state index in [4.69, 9.17) is 23.8 Å². The zero-order valence-electron chi connectivity index (χ0n) is 12.7. The molecule has 2 atom stereocenters. The molecule has 0 saturated carbocycles. The van der Waals surface area contributed by atoms with E-state index in [-0.39, 0.29) is 22.1 Å². The Morgan fingerprint density at radius 1 is 1.16 bits per heavy atom. The van der Waals surface area contributed by atoms with Crippen LogP contribution >= 0.6 is 35.6 Å². The molecule has 2 heterocycles. The molecule has 2 saturated heterocycles. The van der Waals surface area contributed by atoms with Gasteiger partial charge in [-0.15, -0.1) is 11.8 Å². The van der Waals surface area contributed by atoms with Gasteiger partial charge in [-0.2, -0.15) is 0 Å². The van der Waals surface area contributed by atoms with E-state index >= 15 is 0 Å². The van der Waals surface area contributed by atoms with Crippen LogP contribution in [0.4, 0.5) is 14.5 Å². The van der Waals surface area contributed by atoms with Crippen LogP contribution in [-0.4, -0.2) is 27.7 Å². The lowest BCUT2D eigenvalue weighted by atomic mass is 10.2. The van der Waals surface area contributed by atoms with Gasteiger partial charge in [-0.1, -0.05) is 23.7 Å². The largest absolute Gasteiger partial charge is 0.319 e. The van der Waals surface area contributed by atoms with Gasteiger partial charge >= 0.3 is 0 Å². The number of nitrogens with zero attached hydrogens (tertiary/aromatic N) is 2. The molecular weight excluding hydrogens is 386 g/mol. The van der Waals surface area contributed by atoms with Crippen LogP contribution < -0.4 is 4.90 Å². The number of amides is 1. The summed E-state index contributed by atoms with van der Waals surface area (Å²) in [6.07, 6.45) is 0. The fraction of sp³-hybridized carbons (Fsp3) is 0.176. The molecule has 128 valence electrons. The van der Waals surface area contributed by atoms with Crippen molar-refractivity contribution in [3.05, 3.63) is 64.7 Å². The Balaban J connectivity index is 1.68. The zero-order chi connectivity index (χ0) is 17.7. The van der Waals surface area contributed by atoms with Crippen LogP contribution in [0.5, 0.6) is 0 Å². The molecule has 2 aliphatic rings. The molecule has 0 aromatic heterocycles. The van der Waals surface area contributed by atoms with Crippen LogP contribution in [0.2, 0.25) is 5.02 Å². The van der Waals surface area contributed by atoms with Crippen molar-refractivity contribution in [2.45, 2.75) is 11.4 Å². The molecule has 0 spiro atoms. The van der Waals surface area contributed by atoms with E-state index in [1.165, 1.54) is 35.2 Å². The molecule has 2 fully saturated rings. The van der Waals surface area contributed by atoms with Gasteiger partial charge in [-0.25, -0.2) is 8.78 Å². The van der Waals surface area contributed by atoms with Gasteiger partial charge in [0.25, 0.3) is 5.91 Å². The third-order valence-electron chi connectivity index (χ3n) is 4.23. The van der Waals surface area contributed by atoms with Gasteiger partial charge in [0, 0.05) is 5.75 Å². The van der Waals surface area contributed by atoms with Gasteiger partial charge in [0.2, 0.25) is 0 Å². The SMILES string of the molecule is O=C1[C@H]2CS[C@H](c3ccc(F)cc3)N2C(=S)N1c1ccc(F)c(Cl)c1. The summed E-state index contributed by atoms with van der Waals surface area (Å²) in [7, 11) is 0. The number of carbonyl (C=O) groups is 1. The minimum atomic E-state index is -0.553. The normalized spacial score (nSPS) is 22.7. The van der Waals surface area contributed by atoms with Gasteiger partial charge in [0.1, 0.15) is 23.1 Å². The monoisotopic (exact) mass is 396 g/mol. The number of fused-ring (bicyclic) bond motifs is 1. The second kappa shape index (κ2) is 6.23. The number of thioether (sulfide) groups is 1. The van der Waals surface area contributed by atoms with Crippen LogP contribution in [0.1, 0.15) is 10.9 Å². The molecule has 2 aromatic rings. The van der Waals surface area contributed by atoms with E-state index in [9.17, 15) is 13.6 Å². The van der Waals surface area contributed by atoms with Crippen molar-refractivity contribution >= 4 is 52.3 Å². The lowest BCUT2D eigenvalue weighted by Crippen LogP contribution is -2.33. The number of carbonyl (C=O) groups excluding carboxylic acids is 1. The smallest absolute Gasteiger partial charge is 0.257 e. The highest BCUT2D eigenvalue weighted by atomic mass is 35.5. The molecule has 0 aliphatic carbocycles. The fourth-order valence-corrected chi connectivity index (χ4v) is 5.13. The average molecular weight is 397 g/mol. The molecule has 3 nitrogen and oxygen atoms in total. The van der Waals surface area contributed by atoms with Crippen molar-refractivity contribution in [2.75, 3.05) is 10.7 Å². The zero-order valence-corrected chi connectivity index (χ0v) is 15.0. The lowest BCUT2D eigenvalue weighted by molar-refractivity contribution is -0.119. The molecule has 0 radical (unpaired) electrons. The molecule has 8 heteroatoms. The summed E-state index contributed by atoms with van der Waals surface area (Å²) in [5.74, 6) is -0.453. The standard InChI is InChI=1S/C17H11ClF2N2OS2/c18-12-7-11(5-6-13(12)20)21-15(23)14-8-25-16(22(14)17(21)24)9-1-3-10(19)4-2-9/h1-7,14,16H,8H2/t14-,16-/m1/s1. The Labute approximate surface area is 157 Å². The fourth-order valence-electron chi connectivity index (χ4n) is 3.04. The van der Waals surface area contributed by atoms with Crippen molar-refractivity contribution < 1.29 is 13.6 Å². The molecule has 0 N–H and O–H groups in total. The van der Waals surface area contributed by atoms with Crippen molar-refractivity contribution in [1.82, 2.24) is 4.90 Å². The second-order valence-electron chi connectivity index (χ2n) is 5.71. The van der Waals surface area contributed by atoms with Gasteiger partial charge in [-0.3, -0.25) is 9.69 Å². The Kier molecular flexibility index (Phi) is 4.17.